The fraction of sp³-hybridized carbons (Fsp3) is 0.409. The van der Waals surface area contributed by atoms with Gasteiger partial charge in [-0.05, 0) is 68.9 Å². The van der Waals surface area contributed by atoms with E-state index in [1.54, 1.807) is 0 Å². The quantitative estimate of drug-likeness (QED) is 0.475. The van der Waals surface area contributed by atoms with Crippen LogP contribution in [0.15, 0.2) is 30.3 Å². The average Bonchev–Trinajstić information content (AvgIpc) is 3.14. The van der Waals surface area contributed by atoms with Gasteiger partial charge in [0.2, 0.25) is 0 Å². The lowest BCUT2D eigenvalue weighted by atomic mass is 9.86. The number of H-pyrrole nitrogens is 1. The van der Waals surface area contributed by atoms with E-state index in [1.807, 2.05) is 19.1 Å². The van der Waals surface area contributed by atoms with Crippen molar-refractivity contribution in [1.82, 2.24) is 20.5 Å². The second-order valence-electron chi connectivity index (χ2n) is 8.19. The molecule has 0 unspecified atom stereocenters. The Bertz CT molecular complexity index is 1120. The number of pyridine rings is 1. The summed E-state index contributed by atoms with van der Waals surface area (Å²) in [5.41, 5.74) is 0.615. The standard InChI is InChI=1S/C22H23ClF3N5O/c1-12-2-8-16-19(30-31-20(16)28-12)27-11-13-3-6-15(7-4-13)29-21(32)17-10-14(22(24,25)26)5-9-18(17)23/h2,5,8-10,13,15H,3-4,6-7,11H2,1H3,(H,29,32)(H2,27,28,30,31)/t13-,15-. The fourth-order valence-corrected chi connectivity index (χ4v) is 4.23. The minimum atomic E-state index is -4.53. The number of aromatic amines is 1. The van der Waals surface area contributed by atoms with Crippen LogP contribution in [0.5, 0.6) is 0 Å². The maximum atomic E-state index is 13.0. The number of carbonyl (C=O) groups is 1. The zero-order valence-corrected chi connectivity index (χ0v) is 18.1. The lowest BCUT2D eigenvalue weighted by Crippen LogP contribution is -2.38. The Labute approximate surface area is 187 Å². The van der Waals surface area contributed by atoms with Gasteiger partial charge < -0.3 is 10.6 Å². The van der Waals surface area contributed by atoms with Crippen LogP contribution in [0.25, 0.3) is 11.0 Å². The second-order valence-corrected chi connectivity index (χ2v) is 8.59. The molecule has 1 saturated carbocycles. The molecule has 0 saturated heterocycles. The topological polar surface area (TPSA) is 82.7 Å². The molecular weight excluding hydrogens is 443 g/mol. The van der Waals surface area contributed by atoms with Crippen LogP contribution in [-0.4, -0.2) is 33.7 Å². The van der Waals surface area contributed by atoms with E-state index in [9.17, 15) is 18.0 Å². The van der Waals surface area contributed by atoms with Gasteiger partial charge in [0.1, 0.15) is 0 Å². The number of amides is 1. The van der Waals surface area contributed by atoms with Crippen molar-refractivity contribution in [2.24, 2.45) is 5.92 Å². The highest BCUT2D eigenvalue weighted by Crippen LogP contribution is 2.32. The van der Waals surface area contributed by atoms with Crippen LogP contribution < -0.4 is 10.6 Å². The highest BCUT2D eigenvalue weighted by Gasteiger charge is 2.32. The van der Waals surface area contributed by atoms with Gasteiger partial charge in [0, 0.05) is 18.3 Å². The lowest BCUT2D eigenvalue weighted by molar-refractivity contribution is -0.137. The number of alkyl halides is 3. The van der Waals surface area contributed by atoms with Crippen molar-refractivity contribution in [2.75, 3.05) is 11.9 Å². The third-order valence-electron chi connectivity index (χ3n) is 5.84. The smallest absolute Gasteiger partial charge is 0.368 e. The Hall–Kier alpha value is -2.81. The van der Waals surface area contributed by atoms with Crippen molar-refractivity contribution in [1.29, 1.82) is 0 Å². The molecule has 0 radical (unpaired) electrons. The molecule has 1 amide bonds. The van der Waals surface area contributed by atoms with Gasteiger partial charge in [-0.2, -0.15) is 18.3 Å². The predicted octanol–water partition coefficient (Wildman–Crippen LogP) is 5.34. The summed E-state index contributed by atoms with van der Waals surface area (Å²) in [6, 6.07) is 6.61. The highest BCUT2D eigenvalue weighted by molar-refractivity contribution is 6.33. The van der Waals surface area contributed by atoms with Crippen molar-refractivity contribution >= 4 is 34.4 Å². The SMILES string of the molecule is Cc1ccc2c(NC[C@H]3CC[C@H](NC(=O)c4cc(C(F)(F)F)ccc4Cl)CC3)n[nH]c2n1. The van der Waals surface area contributed by atoms with Crippen LogP contribution in [0.4, 0.5) is 19.0 Å². The summed E-state index contributed by atoms with van der Waals surface area (Å²) in [6.45, 7) is 2.67. The molecule has 10 heteroatoms. The van der Waals surface area contributed by atoms with Gasteiger partial charge in [-0.15, -0.1) is 0 Å². The van der Waals surface area contributed by atoms with Crippen molar-refractivity contribution in [3.8, 4) is 0 Å². The first-order valence-electron chi connectivity index (χ1n) is 10.4. The fourth-order valence-electron chi connectivity index (χ4n) is 4.03. The van der Waals surface area contributed by atoms with Gasteiger partial charge in [-0.1, -0.05) is 11.6 Å². The molecule has 1 aliphatic rings. The molecule has 4 rings (SSSR count). The zero-order chi connectivity index (χ0) is 22.9. The van der Waals surface area contributed by atoms with E-state index < -0.39 is 17.6 Å². The van der Waals surface area contributed by atoms with Crippen molar-refractivity contribution in [2.45, 2.75) is 44.8 Å². The highest BCUT2D eigenvalue weighted by atomic mass is 35.5. The third kappa shape index (κ3) is 4.98. The first-order chi connectivity index (χ1) is 15.2. The molecule has 2 heterocycles. The number of aromatic nitrogens is 3. The number of nitrogens with zero attached hydrogens (tertiary/aromatic N) is 2. The monoisotopic (exact) mass is 465 g/mol. The van der Waals surface area contributed by atoms with E-state index in [0.29, 0.717) is 5.92 Å². The number of benzene rings is 1. The van der Waals surface area contributed by atoms with Crippen LogP contribution in [0.3, 0.4) is 0 Å². The first-order valence-corrected chi connectivity index (χ1v) is 10.8. The predicted molar refractivity (Wildman–Crippen MR) is 117 cm³/mol. The minimum Gasteiger partial charge on any atom is -0.368 e. The number of rotatable bonds is 5. The van der Waals surface area contributed by atoms with E-state index in [1.165, 1.54) is 0 Å². The van der Waals surface area contributed by atoms with Crippen molar-refractivity contribution < 1.29 is 18.0 Å². The number of carbonyl (C=O) groups excluding carboxylic acids is 1. The molecule has 0 spiro atoms. The molecule has 0 atom stereocenters. The molecule has 0 bridgehead atoms. The van der Waals surface area contributed by atoms with E-state index >= 15 is 0 Å². The van der Waals surface area contributed by atoms with Crippen molar-refractivity contribution in [3.63, 3.8) is 0 Å². The van der Waals surface area contributed by atoms with E-state index in [0.717, 1.165) is 73.0 Å². The largest absolute Gasteiger partial charge is 0.416 e. The van der Waals surface area contributed by atoms with Crippen molar-refractivity contribution in [3.05, 3.63) is 52.2 Å². The molecule has 3 N–H and O–H groups in total. The molecule has 2 aromatic heterocycles. The maximum absolute atomic E-state index is 13.0. The van der Waals surface area contributed by atoms with Crippen LogP contribution in [0.1, 0.15) is 47.3 Å². The molecule has 6 nitrogen and oxygen atoms in total. The number of halogens is 4. The van der Waals surface area contributed by atoms with Gasteiger partial charge in [-0.3, -0.25) is 9.89 Å². The van der Waals surface area contributed by atoms with Crippen LogP contribution in [-0.2, 0) is 6.18 Å². The number of nitrogens with one attached hydrogen (secondary N) is 3. The van der Waals surface area contributed by atoms with Gasteiger partial charge >= 0.3 is 6.18 Å². The summed E-state index contributed by atoms with van der Waals surface area (Å²) in [5.74, 6) is 0.598. The Balaban J connectivity index is 1.30. The Morgan fingerprint density at radius 3 is 2.66 bits per heavy atom. The Morgan fingerprint density at radius 2 is 1.94 bits per heavy atom. The number of anilines is 1. The summed E-state index contributed by atoms with van der Waals surface area (Å²) in [4.78, 5) is 16.9. The molecule has 3 aromatic rings. The number of hydrogen-bond donors (Lipinski definition) is 3. The Kier molecular flexibility index (Phi) is 6.28. The lowest BCUT2D eigenvalue weighted by Gasteiger charge is -2.29. The molecular formula is C22H23ClF3N5O. The summed E-state index contributed by atoms with van der Waals surface area (Å²) < 4.78 is 38.9. The van der Waals surface area contributed by atoms with E-state index in [-0.39, 0.29) is 16.6 Å². The summed E-state index contributed by atoms with van der Waals surface area (Å²) in [5, 5.41) is 14.4. The maximum Gasteiger partial charge on any atom is 0.416 e. The minimum absolute atomic E-state index is 0.00398. The Morgan fingerprint density at radius 1 is 1.19 bits per heavy atom. The van der Waals surface area contributed by atoms with Crippen LogP contribution in [0.2, 0.25) is 5.02 Å². The van der Waals surface area contributed by atoms with Gasteiger partial charge in [0.05, 0.1) is 21.5 Å². The van der Waals surface area contributed by atoms with Crippen LogP contribution in [0, 0.1) is 12.8 Å². The van der Waals surface area contributed by atoms with Crippen LogP contribution >= 0.6 is 11.6 Å². The number of hydrogen-bond acceptors (Lipinski definition) is 4. The normalized spacial score (nSPS) is 19.2. The molecule has 1 aliphatic carbocycles. The van der Waals surface area contributed by atoms with Gasteiger partial charge in [-0.25, -0.2) is 4.98 Å². The molecule has 32 heavy (non-hydrogen) atoms. The van der Waals surface area contributed by atoms with Gasteiger partial charge in [0.15, 0.2) is 11.5 Å². The van der Waals surface area contributed by atoms with E-state index in [2.05, 4.69) is 25.8 Å². The molecule has 1 fully saturated rings. The second kappa shape index (κ2) is 8.97. The first kappa shape index (κ1) is 22.4. The molecule has 1 aromatic carbocycles. The third-order valence-corrected chi connectivity index (χ3v) is 6.17. The van der Waals surface area contributed by atoms with E-state index in [4.69, 9.17) is 11.6 Å². The number of aryl methyl sites for hydroxylation is 1. The van der Waals surface area contributed by atoms with Gasteiger partial charge in [0.25, 0.3) is 5.91 Å². The summed E-state index contributed by atoms with van der Waals surface area (Å²) >= 11 is 5.97. The summed E-state index contributed by atoms with van der Waals surface area (Å²) in [6.07, 6.45) is -1.27. The summed E-state index contributed by atoms with van der Waals surface area (Å²) in [7, 11) is 0. The molecule has 170 valence electrons. The average molecular weight is 466 g/mol. The zero-order valence-electron chi connectivity index (χ0n) is 17.4. The number of fused-ring (bicyclic) bond motifs is 1. The molecule has 0 aliphatic heterocycles.